The van der Waals surface area contributed by atoms with E-state index in [9.17, 15) is 9.18 Å². The number of carboxylic acid groups (broad SMARTS) is 1. The summed E-state index contributed by atoms with van der Waals surface area (Å²) < 4.78 is 19.9. The van der Waals surface area contributed by atoms with Crippen molar-refractivity contribution in [2.45, 2.75) is 63.1 Å². The molecule has 4 rings (SSSR count). The van der Waals surface area contributed by atoms with Crippen molar-refractivity contribution >= 4 is 5.97 Å². The fourth-order valence-electron chi connectivity index (χ4n) is 5.23. The molecule has 0 spiro atoms. The first kappa shape index (κ1) is 22.7. The predicted molar refractivity (Wildman–Crippen MR) is 122 cm³/mol. The van der Waals surface area contributed by atoms with Gasteiger partial charge in [0.1, 0.15) is 23.7 Å². The van der Waals surface area contributed by atoms with Crippen LogP contribution in [0.25, 0.3) is 0 Å². The monoisotopic (exact) mass is 440 g/mol. The minimum absolute atomic E-state index is 0.111. The normalized spacial score (nSPS) is 25.6. The van der Waals surface area contributed by atoms with Gasteiger partial charge < -0.3 is 20.5 Å². The molecule has 2 atom stereocenters. The van der Waals surface area contributed by atoms with Crippen molar-refractivity contribution in [3.8, 4) is 5.75 Å². The zero-order chi connectivity index (χ0) is 22.5. The van der Waals surface area contributed by atoms with Gasteiger partial charge in [0.25, 0.3) is 0 Å². The van der Waals surface area contributed by atoms with Crippen molar-refractivity contribution in [2.75, 3.05) is 13.6 Å². The van der Waals surface area contributed by atoms with E-state index < -0.39 is 12.0 Å². The highest BCUT2D eigenvalue weighted by Gasteiger charge is 2.30. The second-order valence-corrected chi connectivity index (χ2v) is 9.22. The van der Waals surface area contributed by atoms with Crippen LogP contribution in [0.2, 0.25) is 0 Å². The van der Waals surface area contributed by atoms with Crippen molar-refractivity contribution in [3.05, 3.63) is 65.0 Å². The third-order valence-electron chi connectivity index (χ3n) is 6.88. The Morgan fingerprint density at radius 2 is 2.00 bits per heavy atom. The molecule has 2 aromatic rings. The van der Waals surface area contributed by atoms with Crippen LogP contribution in [0.15, 0.2) is 42.5 Å². The highest BCUT2D eigenvalue weighted by molar-refractivity contribution is 5.73. The van der Waals surface area contributed by atoms with Gasteiger partial charge in [0.2, 0.25) is 0 Å². The molecule has 32 heavy (non-hydrogen) atoms. The lowest BCUT2D eigenvalue weighted by atomic mass is 9.75. The van der Waals surface area contributed by atoms with E-state index in [1.165, 1.54) is 11.1 Å². The van der Waals surface area contributed by atoms with Crippen molar-refractivity contribution in [1.82, 2.24) is 10.6 Å². The summed E-state index contributed by atoms with van der Waals surface area (Å²) in [6.07, 6.45) is 5.84. The second-order valence-electron chi connectivity index (χ2n) is 9.22. The van der Waals surface area contributed by atoms with Crippen LogP contribution in [-0.2, 0) is 17.8 Å². The predicted octanol–water partition coefficient (Wildman–Crippen LogP) is 4.26. The molecule has 2 aromatic carbocycles. The van der Waals surface area contributed by atoms with Crippen LogP contribution in [0.4, 0.5) is 4.39 Å². The Morgan fingerprint density at radius 3 is 2.72 bits per heavy atom. The van der Waals surface area contributed by atoms with E-state index in [2.05, 4.69) is 22.8 Å². The van der Waals surface area contributed by atoms with E-state index in [1.54, 1.807) is 12.1 Å². The van der Waals surface area contributed by atoms with Gasteiger partial charge in [-0.15, -0.1) is 0 Å². The lowest BCUT2D eigenvalue weighted by molar-refractivity contribution is -0.139. The molecule has 0 aromatic heterocycles. The summed E-state index contributed by atoms with van der Waals surface area (Å²) in [6.45, 7) is 1.33. The topological polar surface area (TPSA) is 70.6 Å². The first-order chi connectivity index (χ1) is 15.5. The summed E-state index contributed by atoms with van der Waals surface area (Å²) in [5, 5.41) is 15.3. The Morgan fingerprint density at radius 1 is 1.19 bits per heavy atom. The van der Waals surface area contributed by atoms with Crippen molar-refractivity contribution in [2.24, 2.45) is 5.92 Å². The van der Waals surface area contributed by atoms with Gasteiger partial charge in [-0.1, -0.05) is 18.2 Å². The first-order valence-electron chi connectivity index (χ1n) is 11.7. The molecule has 0 bridgehead atoms. The molecular weight excluding hydrogens is 407 g/mol. The summed E-state index contributed by atoms with van der Waals surface area (Å²) in [5.41, 5.74) is 3.63. The molecule has 5 nitrogen and oxygen atoms in total. The second kappa shape index (κ2) is 10.5. The fourth-order valence-corrected chi connectivity index (χ4v) is 5.23. The van der Waals surface area contributed by atoms with Crippen LogP contribution in [0, 0.1) is 11.7 Å². The lowest BCUT2D eigenvalue weighted by Gasteiger charge is -2.30. The zero-order valence-corrected chi connectivity index (χ0v) is 18.6. The maximum Gasteiger partial charge on any atom is 0.320 e. The minimum Gasteiger partial charge on any atom is -0.489 e. The number of nitrogens with one attached hydrogen (secondary N) is 2. The number of aliphatic carboxylic acids is 1. The van der Waals surface area contributed by atoms with E-state index in [0.29, 0.717) is 24.8 Å². The van der Waals surface area contributed by atoms with Crippen LogP contribution in [-0.4, -0.2) is 36.8 Å². The van der Waals surface area contributed by atoms with Gasteiger partial charge in [-0.3, -0.25) is 4.79 Å². The smallest absolute Gasteiger partial charge is 0.320 e. The van der Waals surface area contributed by atoms with Gasteiger partial charge >= 0.3 is 5.97 Å². The third-order valence-corrected chi connectivity index (χ3v) is 6.88. The third kappa shape index (κ3) is 5.67. The van der Waals surface area contributed by atoms with E-state index >= 15 is 0 Å². The van der Waals surface area contributed by atoms with Crippen LogP contribution < -0.4 is 15.4 Å². The SMILES string of the molecule is CNCc1ccc(F)cc1[C@H]1CC[C@H](Cc2cccc(O[C@@H]3CN[C@H](C(=O)O)C3)c2)CC1. The van der Waals surface area contributed by atoms with E-state index in [1.807, 2.05) is 25.2 Å². The lowest BCUT2D eigenvalue weighted by Crippen LogP contribution is -2.30. The van der Waals surface area contributed by atoms with Crippen LogP contribution in [0.5, 0.6) is 5.75 Å². The van der Waals surface area contributed by atoms with Crippen molar-refractivity contribution in [1.29, 1.82) is 0 Å². The molecule has 3 N–H and O–H groups in total. The Kier molecular flexibility index (Phi) is 7.43. The van der Waals surface area contributed by atoms with Gasteiger partial charge in [-0.25, -0.2) is 4.39 Å². The number of benzene rings is 2. The van der Waals surface area contributed by atoms with Gasteiger partial charge in [-0.05, 0) is 91.9 Å². The summed E-state index contributed by atoms with van der Waals surface area (Å²) in [5.74, 6) is 0.887. The van der Waals surface area contributed by atoms with Crippen molar-refractivity contribution in [3.63, 3.8) is 0 Å². The van der Waals surface area contributed by atoms with Gasteiger partial charge in [-0.2, -0.15) is 0 Å². The summed E-state index contributed by atoms with van der Waals surface area (Å²) in [6, 6.07) is 12.9. The summed E-state index contributed by atoms with van der Waals surface area (Å²) in [7, 11) is 1.93. The van der Waals surface area contributed by atoms with Gasteiger partial charge in [0.05, 0.1) is 0 Å². The highest BCUT2D eigenvalue weighted by atomic mass is 19.1. The highest BCUT2D eigenvalue weighted by Crippen LogP contribution is 2.39. The van der Waals surface area contributed by atoms with Crippen LogP contribution in [0.1, 0.15) is 54.7 Å². The molecule has 0 radical (unpaired) electrons. The Labute approximate surface area is 189 Å². The van der Waals surface area contributed by atoms with Crippen LogP contribution in [0.3, 0.4) is 0 Å². The molecule has 1 aliphatic heterocycles. The first-order valence-corrected chi connectivity index (χ1v) is 11.7. The van der Waals surface area contributed by atoms with E-state index in [4.69, 9.17) is 9.84 Å². The Balaban J connectivity index is 1.32. The molecular formula is C26H33FN2O3. The molecule has 1 heterocycles. The number of halogens is 1. The van der Waals surface area contributed by atoms with Crippen molar-refractivity contribution < 1.29 is 19.0 Å². The zero-order valence-electron chi connectivity index (χ0n) is 18.6. The molecule has 0 unspecified atom stereocenters. The average Bonchev–Trinajstić information content (AvgIpc) is 3.25. The number of ether oxygens (including phenoxy) is 1. The number of hydrogen-bond donors (Lipinski definition) is 3. The fraction of sp³-hybridized carbons (Fsp3) is 0.500. The minimum atomic E-state index is -0.822. The maximum absolute atomic E-state index is 13.9. The summed E-state index contributed by atoms with van der Waals surface area (Å²) in [4.78, 5) is 11.1. The molecule has 2 aliphatic rings. The van der Waals surface area contributed by atoms with E-state index in [0.717, 1.165) is 50.0 Å². The molecule has 1 saturated carbocycles. The Bertz CT molecular complexity index is 927. The Hall–Kier alpha value is -2.44. The molecule has 0 amide bonds. The van der Waals surface area contributed by atoms with Gasteiger partial charge in [0.15, 0.2) is 0 Å². The van der Waals surface area contributed by atoms with Crippen LogP contribution >= 0.6 is 0 Å². The standard InChI is InChI=1S/C26H33FN2O3/c1-28-15-20-9-10-21(27)13-24(20)19-7-5-17(6-8-19)11-18-3-2-4-22(12-18)32-23-14-25(26(30)31)29-16-23/h2-4,9-10,12-13,17,19,23,25,28-29H,5-8,11,14-16H2,1H3,(H,30,31)/t17-,19-,23-,25-/m0/s1. The molecule has 1 aliphatic carbocycles. The number of carboxylic acids is 1. The maximum atomic E-state index is 13.9. The number of carbonyl (C=O) groups is 1. The average molecular weight is 441 g/mol. The van der Waals surface area contributed by atoms with E-state index in [-0.39, 0.29) is 11.9 Å². The molecule has 6 heteroatoms. The molecule has 172 valence electrons. The number of hydrogen-bond acceptors (Lipinski definition) is 4. The van der Waals surface area contributed by atoms with Gasteiger partial charge in [0, 0.05) is 19.5 Å². The summed E-state index contributed by atoms with van der Waals surface area (Å²) >= 11 is 0. The largest absolute Gasteiger partial charge is 0.489 e. The molecule has 2 fully saturated rings. The molecule has 1 saturated heterocycles. The quantitative estimate of drug-likeness (QED) is 0.572. The number of rotatable bonds is 8.